The summed E-state index contributed by atoms with van der Waals surface area (Å²) >= 11 is 6.15. The van der Waals surface area contributed by atoms with E-state index in [2.05, 4.69) is 5.32 Å². The lowest BCUT2D eigenvalue weighted by Crippen LogP contribution is -2.53. The first-order chi connectivity index (χ1) is 22.1. The first-order valence-electron chi connectivity index (χ1n) is 15.2. The van der Waals surface area contributed by atoms with E-state index in [-0.39, 0.29) is 29.7 Å². The van der Waals surface area contributed by atoms with Crippen LogP contribution in [0.3, 0.4) is 0 Å². The fourth-order valence-corrected chi connectivity index (χ4v) is 6.43. The van der Waals surface area contributed by atoms with E-state index in [0.29, 0.717) is 29.6 Å². The van der Waals surface area contributed by atoms with Crippen LogP contribution >= 0.6 is 11.6 Å². The lowest BCUT2D eigenvalue weighted by atomic mass is 10.0. The topological polar surface area (TPSA) is 96.0 Å². The Kier molecular flexibility index (Phi) is 12.2. The molecule has 4 aromatic rings. The zero-order valence-electron chi connectivity index (χ0n) is 26.3. The van der Waals surface area contributed by atoms with Crippen molar-refractivity contribution in [3.05, 3.63) is 125 Å². The van der Waals surface area contributed by atoms with Gasteiger partial charge < -0.3 is 15.0 Å². The van der Waals surface area contributed by atoms with Gasteiger partial charge in [0.1, 0.15) is 18.3 Å². The van der Waals surface area contributed by atoms with E-state index in [1.807, 2.05) is 51.1 Å². The molecule has 0 heterocycles. The molecule has 46 heavy (non-hydrogen) atoms. The monoisotopic (exact) mass is 661 g/mol. The van der Waals surface area contributed by atoms with Gasteiger partial charge in [-0.25, -0.2) is 8.42 Å². The maximum atomic E-state index is 14.5. The van der Waals surface area contributed by atoms with Crippen LogP contribution in [-0.4, -0.2) is 50.9 Å². The minimum Gasteiger partial charge on any atom is -0.494 e. The van der Waals surface area contributed by atoms with Crippen molar-refractivity contribution >= 4 is 39.1 Å². The third-order valence-electron chi connectivity index (χ3n) is 7.27. The van der Waals surface area contributed by atoms with E-state index in [1.165, 1.54) is 17.0 Å². The second-order valence-corrected chi connectivity index (χ2v) is 13.5. The molecule has 0 unspecified atom stereocenters. The van der Waals surface area contributed by atoms with Gasteiger partial charge in [0.05, 0.1) is 17.2 Å². The van der Waals surface area contributed by atoms with Gasteiger partial charge in [-0.2, -0.15) is 0 Å². The number of ether oxygens (including phenoxy) is 1. The quantitative estimate of drug-likeness (QED) is 0.160. The molecule has 8 nitrogen and oxygen atoms in total. The van der Waals surface area contributed by atoms with Crippen molar-refractivity contribution in [1.82, 2.24) is 10.2 Å². The Morgan fingerprint density at radius 1 is 0.826 bits per heavy atom. The van der Waals surface area contributed by atoms with Crippen molar-refractivity contribution in [2.45, 2.75) is 44.7 Å². The van der Waals surface area contributed by atoms with Crippen LogP contribution in [0.1, 0.15) is 31.9 Å². The van der Waals surface area contributed by atoms with Gasteiger partial charge in [0, 0.05) is 24.5 Å². The van der Waals surface area contributed by atoms with Gasteiger partial charge in [-0.1, -0.05) is 86.1 Å². The number of hydrogen-bond acceptors (Lipinski definition) is 5. The number of amides is 2. The average molecular weight is 662 g/mol. The van der Waals surface area contributed by atoms with Gasteiger partial charge in [-0.05, 0) is 72.5 Å². The van der Waals surface area contributed by atoms with Crippen LogP contribution in [-0.2, 0) is 32.6 Å². The standard InChI is InChI=1S/C36H40ClN3O5S/c1-4-45-32-19-21-33(22-20-32)46(43,44)40(31-13-9-6-10-14-31)26-35(41)39(25-29-15-17-30(37)18-16-29)34(36(42)38-24-27(2)3)23-28-11-7-5-8-12-28/h5-22,27,34H,4,23-26H2,1-3H3,(H,38,42)/t34-/m1/s1. The molecule has 0 aromatic heterocycles. The normalized spacial score (nSPS) is 11.9. The molecular formula is C36H40ClN3O5S. The molecule has 1 atom stereocenters. The Bertz CT molecular complexity index is 1670. The molecule has 0 aliphatic heterocycles. The number of rotatable bonds is 15. The summed E-state index contributed by atoms with van der Waals surface area (Å²) in [7, 11) is -4.21. The van der Waals surface area contributed by atoms with E-state index >= 15 is 0 Å². The molecule has 0 bridgehead atoms. The highest BCUT2D eigenvalue weighted by Crippen LogP contribution is 2.26. The molecule has 10 heteroatoms. The largest absolute Gasteiger partial charge is 0.494 e. The minimum absolute atomic E-state index is 0.00682. The number of sulfonamides is 1. The highest BCUT2D eigenvalue weighted by Gasteiger charge is 2.34. The Labute approximate surface area is 277 Å². The van der Waals surface area contributed by atoms with E-state index in [1.54, 1.807) is 66.7 Å². The van der Waals surface area contributed by atoms with Gasteiger partial charge in [-0.15, -0.1) is 0 Å². The molecule has 0 fully saturated rings. The van der Waals surface area contributed by atoms with Crippen LogP contribution in [0.25, 0.3) is 0 Å². The van der Waals surface area contributed by atoms with Crippen molar-refractivity contribution in [2.24, 2.45) is 5.92 Å². The zero-order valence-corrected chi connectivity index (χ0v) is 27.9. The van der Waals surface area contributed by atoms with Crippen molar-refractivity contribution in [1.29, 1.82) is 0 Å². The summed E-state index contributed by atoms with van der Waals surface area (Å²) in [6.07, 6.45) is 0.237. The lowest BCUT2D eigenvalue weighted by molar-refractivity contribution is -0.140. The van der Waals surface area contributed by atoms with Crippen molar-refractivity contribution in [3.8, 4) is 5.75 Å². The van der Waals surface area contributed by atoms with Gasteiger partial charge in [0.25, 0.3) is 10.0 Å². The van der Waals surface area contributed by atoms with E-state index in [0.717, 1.165) is 15.4 Å². The summed E-state index contributed by atoms with van der Waals surface area (Å²) in [5.74, 6) is -0.127. The number of carbonyl (C=O) groups excluding carboxylic acids is 2. The molecule has 0 spiro atoms. The molecule has 0 radical (unpaired) electrons. The van der Waals surface area contributed by atoms with Gasteiger partial charge in [-0.3, -0.25) is 13.9 Å². The summed E-state index contributed by atoms with van der Waals surface area (Å²) in [5, 5.41) is 3.53. The number of nitrogens with one attached hydrogen (secondary N) is 1. The number of hydrogen-bond donors (Lipinski definition) is 1. The van der Waals surface area contributed by atoms with Crippen LogP contribution in [0.5, 0.6) is 5.75 Å². The molecule has 0 aliphatic carbocycles. The maximum Gasteiger partial charge on any atom is 0.264 e. The van der Waals surface area contributed by atoms with Crippen LogP contribution in [0.15, 0.2) is 114 Å². The zero-order chi connectivity index (χ0) is 33.1. The Morgan fingerprint density at radius 2 is 1.43 bits per heavy atom. The van der Waals surface area contributed by atoms with Crippen LogP contribution < -0.4 is 14.4 Å². The Balaban J connectivity index is 1.76. The number of carbonyl (C=O) groups is 2. The lowest BCUT2D eigenvalue weighted by Gasteiger charge is -2.34. The minimum atomic E-state index is -4.21. The second kappa shape index (κ2) is 16.3. The fourth-order valence-electron chi connectivity index (χ4n) is 4.89. The molecule has 0 aliphatic rings. The molecule has 4 rings (SSSR count). The number of halogens is 1. The molecule has 1 N–H and O–H groups in total. The van der Waals surface area contributed by atoms with E-state index < -0.39 is 28.5 Å². The van der Waals surface area contributed by atoms with E-state index in [4.69, 9.17) is 16.3 Å². The summed E-state index contributed by atoms with van der Waals surface area (Å²) < 4.78 is 34.9. The summed E-state index contributed by atoms with van der Waals surface area (Å²) in [4.78, 5) is 29.8. The van der Waals surface area contributed by atoms with Gasteiger partial charge >= 0.3 is 0 Å². The SMILES string of the molecule is CCOc1ccc(S(=O)(=O)N(CC(=O)N(Cc2ccc(Cl)cc2)[C@H](Cc2ccccc2)C(=O)NCC(C)C)c2ccccc2)cc1. The predicted molar refractivity (Wildman–Crippen MR) is 182 cm³/mol. The first-order valence-corrected chi connectivity index (χ1v) is 17.1. The molecule has 2 amide bonds. The second-order valence-electron chi connectivity index (χ2n) is 11.2. The molecule has 4 aromatic carbocycles. The predicted octanol–water partition coefficient (Wildman–Crippen LogP) is 6.35. The summed E-state index contributed by atoms with van der Waals surface area (Å²) in [5.41, 5.74) is 1.93. The third kappa shape index (κ3) is 9.34. The van der Waals surface area contributed by atoms with Crippen LogP contribution in [0.4, 0.5) is 5.69 Å². The first kappa shape index (κ1) is 34.5. The molecule has 242 valence electrons. The van der Waals surface area contributed by atoms with Crippen molar-refractivity contribution < 1.29 is 22.7 Å². The van der Waals surface area contributed by atoms with Crippen LogP contribution in [0.2, 0.25) is 5.02 Å². The molecule has 0 saturated carbocycles. The van der Waals surface area contributed by atoms with Crippen LogP contribution in [0, 0.1) is 5.92 Å². The maximum absolute atomic E-state index is 14.5. The number of anilines is 1. The molecule has 0 saturated heterocycles. The van der Waals surface area contributed by atoms with Crippen molar-refractivity contribution in [2.75, 3.05) is 24.0 Å². The summed E-state index contributed by atoms with van der Waals surface area (Å²) in [6.45, 7) is 6.23. The van der Waals surface area contributed by atoms with Gasteiger partial charge in [0.15, 0.2) is 0 Å². The fraction of sp³-hybridized carbons (Fsp3) is 0.278. The summed E-state index contributed by atoms with van der Waals surface area (Å²) in [6, 6.07) is 30.1. The third-order valence-corrected chi connectivity index (χ3v) is 9.31. The number of nitrogens with zero attached hydrogens (tertiary/aromatic N) is 2. The highest BCUT2D eigenvalue weighted by atomic mass is 35.5. The highest BCUT2D eigenvalue weighted by molar-refractivity contribution is 7.92. The smallest absolute Gasteiger partial charge is 0.264 e. The Morgan fingerprint density at radius 3 is 2.02 bits per heavy atom. The van der Waals surface area contributed by atoms with Gasteiger partial charge in [0.2, 0.25) is 11.8 Å². The average Bonchev–Trinajstić information content (AvgIpc) is 3.06. The number of benzene rings is 4. The number of para-hydroxylation sites is 1. The van der Waals surface area contributed by atoms with E-state index in [9.17, 15) is 18.0 Å². The molecular weight excluding hydrogens is 622 g/mol. The Hall–Kier alpha value is -4.34. The van der Waals surface area contributed by atoms with Crippen molar-refractivity contribution in [3.63, 3.8) is 0 Å².